The van der Waals surface area contributed by atoms with Crippen LogP contribution in [0.4, 0.5) is 0 Å². The summed E-state index contributed by atoms with van der Waals surface area (Å²) >= 11 is 11.9. The smallest absolute Gasteiger partial charge is 0.130 e. The molecule has 2 heterocycles. The zero-order chi connectivity index (χ0) is 12.4. The molecular weight excluding hydrogens is 257 g/mol. The van der Waals surface area contributed by atoms with Gasteiger partial charge < -0.3 is 4.90 Å². The molecule has 1 saturated heterocycles. The van der Waals surface area contributed by atoms with Crippen molar-refractivity contribution in [1.82, 2.24) is 14.8 Å². The average molecular weight is 274 g/mol. The van der Waals surface area contributed by atoms with Gasteiger partial charge in [0.25, 0.3) is 0 Å². The van der Waals surface area contributed by atoms with E-state index >= 15 is 0 Å². The number of halogens is 2. The predicted octanol–water partition coefficient (Wildman–Crippen LogP) is 2.52. The van der Waals surface area contributed by atoms with Crippen LogP contribution >= 0.6 is 23.2 Å². The Bertz CT molecular complexity index is 395. The molecule has 0 spiro atoms. The molecule has 1 aromatic rings. The minimum Gasteiger partial charge on any atom is -0.305 e. The summed E-state index contributed by atoms with van der Waals surface area (Å²) in [4.78, 5) is 8.76. The van der Waals surface area contributed by atoms with Crippen molar-refractivity contribution >= 4 is 23.2 Å². The lowest BCUT2D eigenvalue weighted by molar-refractivity contribution is 0.264. The first-order chi connectivity index (χ1) is 8.06. The van der Waals surface area contributed by atoms with E-state index in [2.05, 4.69) is 28.9 Å². The van der Waals surface area contributed by atoms with Crippen LogP contribution < -0.4 is 0 Å². The van der Waals surface area contributed by atoms with Gasteiger partial charge in [-0.3, -0.25) is 4.90 Å². The van der Waals surface area contributed by atoms with Gasteiger partial charge >= 0.3 is 0 Å². The summed E-state index contributed by atoms with van der Waals surface area (Å²) < 4.78 is 0. The molecule has 1 fully saturated rings. The Kier molecular flexibility index (Phi) is 4.26. The fraction of sp³-hybridized carbons (Fsp3) is 0.583. The second-order valence-corrected chi connectivity index (χ2v) is 5.53. The maximum atomic E-state index is 6.15. The highest BCUT2D eigenvalue weighted by atomic mass is 35.5. The third-order valence-electron chi connectivity index (χ3n) is 3.27. The van der Waals surface area contributed by atoms with E-state index in [4.69, 9.17) is 23.2 Å². The van der Waals surface area contributed by atoms with Crippen LogP contribution in [0.2, 0.25) is 10.2 Å². The lowest BCUT2D eigenvalue weighted by Crippen LogP contribution is -2.31. The molecule has 3 nitrogen and oxygen atoms in total. The van der Waals surface area contributed by atoms with Gasteiger partial charge in [-0.2, -0.15) is 0 Å². The van der Waals surface area contributed by atoms with E-state index in [0.29, 0.717) is 16.2 Å². The van der Waals surface area contributed by atoms with Crippen molar-refractivity contribution in [1.29, 1.82) is 0 Å². The Labute approximate surface area is 112 Å². The van der Waals surface area contributed by atoms with E-state index in [0.717, 1.165) is 25.2 Å². The van der Waals surface area contributed by atoms with Crippen molar-refractivity contribution < 1.29 is 0 Å². The van der Waals surface area contributed by atoms with Gasteiger partial charge in [0.1, 0.15) is 5.15 Å². The molecule has 0 radical (unpaired) electrons. The Morgan fingerprint density at radius 2 is 2.24 bits per heavy atom. The van der Waals surface area contributed by atoms with E-state index in [1.165, 1.54) is 6.42 Å². The van der Waals surface area contributed by atoms with Crippen molar-refractivity contribution in [3.63, 3.8) is 0 Å². The van der Waals surface area contributed by atoms with E-state index in [1.807, 2.05) is 0 Å². The van der Waals surface area contributed by atoms with E-state index in [1.54, 1.807) is 12.3 Å². The molecule has 1 aliphatic rings. The fourth-order valence-electron chi connectivity index (χ4n) is 2.17. The van der Waals surface area contributed by atoms with Gasteiger partial charge in [0, 0.05) is 42.5 Å². The first-order valence-electron chi connectivity index (χ1n) is 5.75. The molecule has 1 atom stereocenters. The maximum Gasteiger partial charge on any atom is 0.130 e. The Morgan fingerprint density at radius 3 is 2.82 bits per heavy atom. The van der Waals surface area contributed by atoms with Gasteiger partial charge in [0.2, 0.25) is 0 Å². The number of likely N-dealkylation sites (tertiary alicyclic amines) is 1. The van der Waals surface area contributed by atoms with Crippen molar-refractivity contribution in [3.05, 3.63) is 28.0 Å². The van der Waals surface area contributed by atoms with Gasteiger partial charge in [-0.25, -0.2) is 4.98 Å². The highest BCUT2D eigenvalue weighted by molar-refractivity contribution is 6.34. The molecule has 0 aliphatic carbocycles. The average Bonchev–Trinajstić information content (AvgIpc) is 2.71. The highest BCUT2D eigenvalue weighted by Crippen LogP contribution is 2.22. The second kappa shape index (κ2) is 5.53. The van der Waals surface area contributed by atoms with Crippen molar-refractivity contribution in [3.8, 4) is 0 Å². The third-order valence-corrected chi connectivity index (χ3v) is 3.83. The molecule has 0 N–H and O–H groups in total. The fourth-order valence-corrected chi connectivity index (χ4v) is 2.60. The molecule has 0 saturated carbocycles. The first-order valence-corrected chi connectivity index (χ1v) is 6.50. The highest BCUT2D eigenvalue weighted by Gasteiger charge is 2.24. The van der Waals surface area contributed by atoms with Crippen molar-refractivity contribution in [2.75, 3.05) is 27.2 Å². The Balaban J connectivity index is 1.98. The van der Waals surface area contributed by atoms with Crippen LogP contribution in [-0.4, -0.2) is 48.0 Å². The topological polar surface area (TPSA) is 19.4 Å². The quantitative estimate of drug-likeness (QED) is 0.789. The first kappa shape index (κ1) is 13.1. The SMILES string of the molecule is CN(C)C1CCN(Cc2cnc(Cl)cc2Cl)C1. The summed E-state index contributed by atoms with van der Waals surface area (Å²) in [5, 5.41) is 1.16. The van der Waals surface area contributed by atoms with Crippen LogP contribution in [0.15, 0.2) is 12.3 Å². The summed E-state index contributed by atoms with van der Waals surface area (Å²) in [6.45, 7) is 3.06. The Morgan fingerprint density at radius 1 is 1.47 bits per heavy atom. The number of hydrogen-bond donors (Lipinski definition) is 0. The summed E-state index contributed by atoms with van der Waals surface area (Å²) in [6.07, 6.45) is 2.99. The normalized spacial score (nSPS) is 21.4. The van der Waals surface area contributed by atoms with Crippen LogP contribution in [0.3, 0.4) is 0 Å². The molecule has 0 amide bonds. The molecule has 0 aromatic carbocycles. The molecule has 17 heavy (non-hydrogen) atoms. The van der Waals surface area contributed by atoms with Crippen LogP contribution in [0.25, 0.3) is 0 Å². The summed E-state index contributed by atoms with van der Waals surface area (Å²) in [5.41, 5.74) is 1.05. The van der Waals surface area contributed by atoms with E-state index in [-0.39, 0.29) is 0 Å². The molecule has 1 aliphatic heterocycles. The molecule has 1 unspecified atom stereocenters. The van der Waals surface area contributed by atoms with E-state index in [9.17, 15) is 0 Å². The largest absolute Gasteiger partial charge is 0.305 e. The third kappa shape index (κ3) is 3.32. The monoisotopic (exact) mass is 273 g/mol. The molecule has 0 bridgehead atoms. The van der Waals surface area contributed by atoms with Crippen LogP contribution in [0, 0.1) is 0 Å². The zero-order valence-corrected chi connectivity index (χ0v) is 11.7. The molecule has 1 aromatic heterocycles. The van der Waals surface area contributed by atoms with E-state index < -0.39 is 0 Å². The number of aromatic nitrogens is 1. The lowest BCUT2D eigenvalue weighted by atomic mass is 10.2. The minimum atomic E-state index is 0.450. The second-order valence-electron chi connectivity index (χ2n) is 4.74. The molecule has 5 heteroatoms. The number of hydrogen-bond acceptors (Lipinski definition) is 3. The molecular formula is C12H17Cl2N3. The molecule has 94 valence electrons. The van der Waals surface area contributed by atoms with Gasteiger partial charge in [-0.15, -0.1) is 0 Å². The maximum absolute atomic E-state index is 6.15. The zero-order valence-electron chi connectivity index (χ0n) is 10.2. The Hall–Kier alpha value is -0.350. The lowest BCUT2D eigenvalue weighted by Gasteiger charge is -2.20. The van der Waals surface area contributed by atoms with Crippen molar-refractivity contribution in [2.45, 2.75) is 19.0 Å². The van der Waals surface area contributed by atoms with Crippen molar-refractivity contribution in [2.24, 2.45) is 0 Å². The standard InChI is InChI=1S/C12H17Cl2N3/c1-16(2)10-3-4-17(8-10)7-9-6-15-12(14)5-11(9)13/h5-6,10H,3-4,7-8H2,1-2H3. The van der Waals surface area contributed by atoms with Gasteiger partial charge in [-0.05, 0) is 26.6 Å². The van der Waals surface area contributed by atoms with Crippen LogP contribution in [0.1, 0.15) is 12.0 Å². The summed E-state index contributed by atoms with van der Waals surface area (Å²) in [5.74, 6) is 0. The number of nitrogens with zero attached hydrogens (tertiary/aromatic N) is 3. The summed E-state index contributed by atoms with van der Waals surface area (Å²) in [6, 6.07) is 2.35. The number of pyridine rings is 1. The van der Waals surface area contributed by atoms with Gasteiger partial charge in [0.15, 0.2) is 0 Å². The number of rotatable bonds is 3. The molecule has 2 rings (SSSR count). The van der Waals surface area contributed by atoms with Crippen LogP contribution in [-0.2, 0) is 6.54 Å². The van der Waals surface area contributed by atoms with Gasteiger partial charge in [-0.1, -0.05) is 23.2 Å². The van der Waals surface area contributed by atoms with Crippen LogP contribution in [0.5, 0.6) is 0 Å². The minimum absolute atomic E-state index is 0.450. The van der Waals surface area contributed by atoms with Gasteiger partial charge in [0.05, 0.1) is 0 Å². The predicted molar refractivity (Wildman–Crippen MR) is 71.6 cm³/mol. The number of likely N-dealkylation sites (N-methyl/N-ethyl adjacent to an activating group) is 1. The summed E-state index contributed by atoms with van der Waals surface area (Å²) in [7, 11) is 4.26.